The highest BCUT2D eigenvalue weighted by molar-refractivity contribution is 5.67. The Balaban J connectivity index is 1.14. The van der Waals surface area contributed by atoms with Crippen LogP contribution in [-0.2, 0) is 11.3 Å². The van der Waals surface area contributed by atoms with E-state index in [0.717, 1.165) is 47.5 Å². The number of aliphatic hydroxyl groups excluding tert-OH is 4. The molecule has 4 rings (SSSR count). The van der Waals surface area contributed by atoms with Gasteiger partial charge in [-0.2, -0.15) is 0 Å². The summed E-state index contributed by atoms with van der Waals surface area (Å²) >= 11 is 0. The maximum Gasteiger partial charge on any atom is 0.161 e. The molecule has 186 valence electrons. The van der Waals surface area contributed by atoms with Crippen molar-refractivity contribution in [2.24, 2.45) is 0 Å². The van der Waals surface area contributed by atoms with E-state index in [-0.39, 0.29) is 13.2 Å². The fourth-order valence-electron chi connectivity index (χ4n) is 4.54. The van der Waals surface area contributed by atoms with E-state index in [1.54, 1.807) is 0 Å². The summed E-state index contributed by atoms with van der Waals surface area (Å²) < 4.78 is 17.1. The van der Waals surface area contributed by atoms with Gasteiger partial charge in [-0.25, -0.2) is 0 Å². The molecule has 2 aromatic carbocycles. The molecule has 34 heavy (non-hydrogen) atoms. The molecule has 0 saturated carbocycles. The second kappa shape index (κ2) is 12.0. The molecule has 0 aromatic heterocycles. The van der Waals surface area contributed by atoms with Crippen molar-refractivity contribution in [2.45, 2.75) is 50.2 Å². The fourth-order valence-corrected chi connectivity index (χ4v) is 4.54. The topological polar surface area (TPSA) is 112 Å². The maximum atomic E-state index is 10.0. The van der Waals surface area contributed by atoms with Crippen molar-refractivity contribution in [2.75, 3.05) is 39.5 Å². The predicted octanol–water partition coefficient (Wildman–Crippen LogP) is 1.57. The molecule has 2 aliphatic heterocycles. The molecule has 0 aliphatic carbocycles. The van der Waals surface area contributed by atoms with Gasteiger partial charge in [0.1, 0.15) is 25.4 Å². The van der Waals surface area contributed by atoms with E-state index in [1.807, 2.05) is 23.1 Å². The predicted molar refractivity (Wildman–Crippen MR) is 127 cm³/mol. The Labute approximate surface area is 200 Å². The fraction of sp³-hybridized carbons (Fsp3) is 0.538. The van der Waals surface area contributed by atoms with Crippen LogP contribution in [0.5, 0.6) is 11.5 Å². The van der Waals surface area contributed by atoms with E-state index >= 15 is 0 Å². The third-order valence-electron chi connectivity index (χ3n) is 6.55. The molecule has 0 radical (unpaired) electrons. The van der Waals surface area contributed by atoms with Gasteiger partial charge in [0.15, 0.2) is 11.5 Å². The van der Waals surface area contributed by atoms with Crippen LogP contribution in [0.25, 0.3) is 11.1 Å². The standard InChI is InChI=1S/C26H35NO7/c28-16-21-25(30)26(31)22(29)15-27(21)10-2-1-3-11-32-17-18-4-6-19(7-5-18)20-8-9-23-24(14-20)34-13-12-33-23/h4-9,14,21-22,25-26,28-31H,1-3,10-13,15-17H2/t21-,22+,25-,26-/m1/s1. The molecule has 0 bridgehead atoms. The first kappa shape index (κ1) is 24.9. The van der Waals surface area contributed by atoms with Crippen LogP contribution in [-0.4, -0.2) is 89.2 Å². The number of β-amino-alcohol motifs (C(OH)–C–C–N with tert-alkyl or cyclic N) is 1. The van der Waals surface area contributed by atoms with E-state index in [0.29, 0.717) is 33.0 Å². The first-order valence-electron chi connectivity index (χ1n) is 12.0. The van der Waals surface area contributed by atoms with E-state index in [2.05, 4.69) is 24.3 Å². The van der Waals surface area contributed by atoms with Crippen LogP contribution in [0, 0.1) is 0 Å². The van der Waals surface area contributed by atoms with Gasteiger partial charge in [0.05, 0.1) is 25.4 Å². The average Bonchev–Trinajstić information content (AvgIpc) is 2.87. The largest absolute Gasteiger partial charge is 0.486 e. The zero-order valence-corrected chi connectivity index (χ0v) is 19.4. The third kappa shape index (κ3) is 6.07. The van der Waals surface area contributed by atoms with Gasteiger partial charge in [-0.1, -0.05) is 30.3 Å². The van der Waals surface area contributed by atoms with Gasteiger partial charge in [0.2, 0.25) is 0 Å². The SMILES string of the molecule is OC[C@@H]1[C@@H](O)[C@H](O)[C@@H](O)CN1CCCCCOCc1ccc(-c2ccc3c(c2)OCCO3)cc1. The van der Waals surface area contributed by atoms with Crippen LogP contribution in [0.4, 0.5) is 0 Å². The molecule has 1 fully saturated rings. The van der Waals surface area contributed by atoms with E-state index in [4.69, 9.17) is 14.2 Å². The normalized spacial score (nSPS) is 24.8. The van der Waals surface area contributed by atoms with Gasteiger partial charge in [0.25, 0.3) is 0 Å². The smallest absolute Gasteiger partial charge is 0.161 e. The number of rotatable bonds is 10. The van der Waals surface area contributed by atoms with E-state index in [9.17, 15) is 20.4 Å². The Hall–Kier alpha value is -2.20. The van der Waals surface area contributed by atoms with Crippen molar-refractivity contribution >= 4 is 0 Å². The summed E-state index contributed by atoms with van der Waals surface area (Å²) in [5.41, 5.74) is 3.31. The van der Waals surface area contributed by atoms with Gasteiger partial charge in [-0.05, 0) is 54.6 Å². The van der Waals surface area contributed by atoms with Crippen molar-refractivity contribution in [3.05, 3.63) is 48.0 Å². The molecular weight excluding hydrogens is 438 g/mol. The monoisotopic (exact) mass is 473 g/mol. The number of benzene rings is 2. The zero-order chi connectivity index (χ0) is 23.9. The number of aliphatic hydroxyl groups is 4. The molecule has 1 saturated heterocycles. The van der Waals surface area contributed by atoms with Crippen LogP contribution >= 0.6 is 0 Å². The van der Waals surface area contributed by atoms with Gasteiger partial charge in [-0.15, -0.1) is 0 Å². The molecule has 2 heterocycles. The number of hydrogen-bond donors (Lipinski definition) is 4. The summed E-state index contributed by atoms with van der Waals surface area (Å²) in [7, 11) is 0. The minimum absolute atomic E-state index is 0.248. The van der Waals surface area contributed by atoms with Crippen molar-refractivity contribution in [3.63, 3.8) is 0 Å². The summed E-state index contributed by atoms with van der Waals surface area (Å²) in [5, 5.41) is 39.2. The van der Waals surface area contributed by atoms with Crippen molar-refractivity contribution < 1.29 is 34.6 Å². The molecule has 4 N–H and O–H groups in total. The minimum Gasteiger partial charge on any atom is -0.486 e. The number of unbranched alkanes of at least 4 members (excludes halogenated alkanes) is 2. The lowest BCUT2D eigenvalue weighted by Gasteiger charge is -2.43. The number of piperidine rings is 1. The quantitative estimate of drug-likeness (QED) is 0.385. The van der Waals surface area contributed by atoms with Gasteiger partial charge in [-0.3, -0.25) is 4.90 Å². The van der Waals surface area contributed by atoms with Gasteiger partial charge >= 0.3 is 0 Å². The second-order valence-electron chi connectivity index (χ2n) is 8.96. The number of fused-ring (bicyclic) bond motifs is 1. The number of hydrogen-bond acceptors (Lipinski definition) is 8. The first-order valence-corrected chi connectivity index (χ1v) is 12.0. The van der Waals surface area contributed by atoms with Crippen LogP contribution in [0.15, 0.2) is 42.5 Å². The third-order valence-corrected chi connectivity index (χ3v) is 6.55. The lowest BCUT2D eigenvalue weighted by atomic mass is 9.94. The van der Waals surface area contributed by atoms with Gasteiger partial charge < -0.3 is 34.6 Å². The van der Waals surface area contributed by atoms with E-state index < -0.39 is 24.4 Å². The van der Waals surface area contributed by atoms with Crippen LogP contribution in [0.3, 0.4) is 0 Å². The molecule has 0 amide bonds. The second-order valence-corrected chi connectivity index (χ2v) is 8.96. The van der Waals surface area contributed by atoms with Crippen molar-refractivity contribution in [3.8, 4) is 22.6 Å². The van der Waals surface area contributed by atoms with Crippen molar-refractivity contribution in [1.29, 1.82) is 0 Å². The van der Waals surface area contributed by atoms with Crippen LogP contribution in [0.1, 0.15) is 24.8 Å². The highest BCUT2D eigenvalue weighted by atomic mass is 16.6. The average molecular weight is 474 g/mol. The highest BCUT2D eigenvalue weighted by Crippen LogP contribution is 2.34. The Morgan fingerprint density at radius 2 is 1.59 bits per heavy atom. The minimum atomic E-state index is -1.21. The molecule has 2 aromatic rings. The molecule has 4 atom stereocenters. The lowest BCUT2D eigenvalue weighted by molar-refractivity contribution is -0.145. The Kier molecular flexibility index (Phi) is 8.77. The summed E-state index contributed by atoms with van der Waals surface area (Å²) in [6, 6.07) is 13.8. The lowest BCUT2D eigenvalue weighted by Crippen LogP contribution is -2.62. The summed E-state index contributed by atoms with van der Waals surface area (Å²) in [6.07, 6.45) is -0.648. The Bertz CT molecular complexity index is 907. The molecule has 2 aliphatic rings. The zero-order valence-electron chi connectivity index (χ0n) is 19.4. The molecule has 8 heteroatoms. The molecule has 0 spiro atoms. The number of likely N-dealkylation sites (tertiary alicyclic amines) is 1. The number of ether oxygens (including phenoxy) is 3. The summed E-state index contributed by atoms with van der Waals surface area (Å²) in [4.78, 5) is 1.85. The molecular formula is C26H35NO7. The summed E-state index contributed by atoms with van der Waals surface area (Å²) in [5.74, 6) is 1.58. The number of nitrogens with zero attached hydrogens (tertiary/aromatic N) is 1. The molecule has 0 unspecified atom stereocenters. The highest BCUT2D eigenvalue weighted by Gasteiger charge is 2.40. The Morgan fingerprint density at radius 1 is 0.853 bits per heavy atom. The van der Waals surface area contributed by atoms with Crippen molar-refractivity contribution in [1.82, 2.24) is 4.90 Å². The maximum absolute atomic E-state index is 10.0. The Morgan fingerprint density at radius 3 is 2.35 bits per heavy atom. The van der Waals surface area contributed by atoms with Gasteiger partial charge in [0, 0.05) is 13.2 Å². The van der Waals surface area contributed by atoms with Crippen LogP contribution in [0.2, 0.25) is 0 Å². The molecule has 8 nitrogen and oxygen atoms in total. The van der Waals surface area contributed by atoms with E-state index in [1.165, 1.54) is 0 Å². The summed E-state index contributed by atoms with van der Waals surface area (Å²) in [6.45, 7) is 3.01. The first-order chi connectivity index (χ1) is 16.6. The van der Waals surface area contributed by atoms with Crippen LogP contribution < -0.4 is 9.47 Å².